The second-order valence-corrected chi connectivity index (χ2v) is 8.65. The van der Waals surface area contributed by atoms with Crippen LogP contribution in [0.25, 0.3) is 0 Å². The van der Waals surface area contributed by atoms with Crippen LogP contribution in [0.1, 0.15) is 49.6 Å². The monoisotopic (exact) mass is 393 g/mol. The second-order valence-electron chi connectivity index (χ2n) is 5.62. The third-order valence-corrected chi connectivity index (χ3v) is 5.53. The van der Waals surface area contributed by atoms with E-state index in [0.717, 1.165) is 32.1 Å². The predicted molar refractivity (Wildman–Crippen MR) is 91.0 cm³/mol. The SMILES string of the molecule is CC(C)CCOCCNC1CCCc2sc(I)cc21. The number of ether oxygens (including phenoxy) is 1. The lowest BCUT2D eigenvalue weighted by Crippen LogP contribution is -2.27. The van der Waals surface area contributed by atoms with Crippen molar-refractivity contribution in [1.29, 1.82) is 0 Å². The first-order chi connectivity index (χ1) is 9.16. The van der Waals surface area contributed by atoms with Crippen molar-refractivity contribution in [2.24, 2.45) is 5.92 Å². The quantitative estimate of drug-likeness (QED) is 0.548. The summed E-state index contributed by atoms with van der Waals surface area (Å²) in [6.07, 6.45) is 5.02. The molecule has 1 unspecified atom stereocenters. The Morgan fingerprint density at radius 2 is 2.32 bits per heavy atom. The first-order valence-corrected chi connectivity index (χ1v) is 9.15. The van der Waals surface area contributed by atoms with Crippen molar-refractivity contribution in [3.05, 3.63) is 19.4 Å². The molecule has 19 heavy (non-hydrogen) atoms. The van der Waals surface area contributed by atoms with Gasteiger partial charge in [-0.2, -0.15) is 0 Å². The Labute approximate surface area is 134 Å². The Balaban J connectivity index is 1.69. The number of nitrogens with one attached hydrogen (secondary N) is 1. The van der Waals surface area contributed by atoms with Crippen molar-refractivity contribution in [2.45, 2.75) is 45.6 Å². The number of fused-ring (bicyclic) bond motifs is 1. The minimum atomic E-state index is 0.553. The largest absolute Gasteiger partial charge is 0.380 e. The lowest BCUT2D eigenvalue weighted by Gasteiger charge is -2.23. The number of halogens is 1. The van der Waals surface area contributed by atoms with Crippen LogP contribution in [0.5, 0.6) is 0 Å². The van der Waals surface area contributed by atoms with Crippen LogP contribution in [-0.2, 0) is 11.2 Å². The summed E-state index contributed by atoms with van der Waals surface area (Å²) in [5.74, 6) is 0.738. The third kappa shape index (κ3) is 4.99. The molecule has 1 atom stereocenters. The molecule has 1 heterocycles. The molecule has 0 saturated carbocycles. The highest BCUT2D eigenvalue weighted by Gasteiger charge is 2.21. The van der Waals surface area contributed by atoms with Gasteiger partial charge in [-0.3, -0.25) is 0 Å². The highest BCUT2D eigenvalue weighted by molar-refractivity contribution is 14.1. The van der Waals surface area contributed by atoms with E-state index in [-0.39, 0.29) is 0 Å². The van der Waals surface area contributed by atoms with Gasteiger partial charge in [0, 0.05) is 24.1 Å². The maximum atomic E-state index is 5.67. The van der Waals surface area contributed by atoms with Crippen LogP contribution in [0.15, 0.2) is 6.07 Å². The van der Waals surface area contributed by atoms with Gasteiger partial charge in [0.1, 0.15) is 0 Å². The molecule has 0 amide bonds. The van der Waals surface area contributed by atoms with E-state index in [0.29, 0.717) is 6.04 Å². The molecule has 1 aliphatic carbocycles. The summed E-state index contributed by atoms with van der Waals surface area (Å²) >= 11 is 4.40. The van der Waals surface area contributed by atoms with Crippen molar-refractivity contribution < 1.29 is 4.74 Å². The zero-order valence-corrected chi connectivity index (χ0v) is 14.9. The van der Waals surface area contributed by atoms with Gasteiger partial charge < -0.3 is 10.1 Å². The van der Waals surface area contributed by atoms with E-state index in [2.05, 4.69) is 47.8 Å². The Hall–Kier alpha value is 0.350. The summed E-state index contributed by atoms with van der Waals surface area (Å²) < 4.78 is 7.09. The molecule has 1 aliphatic rings. The molecule has 0 spiro atoms. The summed E-state index contributed by atoms with van der Waals surface area (Å²) in [6.45, 7) is 7.17. The first-order valence-electron chi connectivity index (χ1n) is 7.26. The molecule has 0 fully saturated rings. The Morgan fingerprint density at radius 3 is 3.11 bits per heavy atom. The van der Waals surface area contributed by atoms with E-state index >= 15 is 0 Å². The topological polar surface area (TPSA) is 21.3 Å². The van der Waals surface area contributed by atoms with Crippen molar-refractivity contribution in [3.63, 3.8) is 0 Å². The molecule has 0 saturated heterocycles. The second kappa shape index (κ2) is 7.96. The number of rotatable bonds is 7. The summed E-state index contributed by atoms with van der Waals surface area (Å²) in [5, 5.41) is 3.66. The van der Waals surface area contributed by atoms with Crippen LogP contribution in [0.4, 0.5) is 0 Å². The van der Waals surface area contributed by atoms with E-state index in [1.165, 1.54) is 22.1 Å². The number of thiophene rings is 1. The summed E-state index contributed by atoms with van der Waals surface area (Å²) in [6, 6.07) is 2.91. The smallest absolute Gasteiger partial charge is 0.0659 e. The summed E-state index contributed by atoms with van der Waals surface area (Å²) in [4.78, 5) is 1.59. The minimum absolute atomic E-state index is 0.553. The van der Waals surface area contributed by atoms with Crippen LogP contribution in [0.3, 0.4) is 0 Å². The highest BCUT2D eigenvalue weighted by Crippen LogP contribution is 2.36. The minimum Gasteiger partial charge on any atom is -0.380 e. The fourth-order valence-electron chi connectivity index (χ4n) is 2.46. The van der Waals surface area contributed by atoms with Crippen molar-refractivity contribution in [2.75, 3.05) is 19.8 Å². The Bertz CT molecular complexity index is 391. The molecule has 2 nitrogen and oxygen atoms in total. The van der Waals surface area contributed by atoms with Crippen LogP contribution in [0, 0.1) is 8.80 Å². The van der Waals surface area contributed by atoms with Gasteiger partial charge in [0.25, 0.3) is 0 Å². The van der Waals surface area contributed by atoms with Gasteiger partial charge in [-0.1, -0.05) is 13.8 Å². The van der Waals surface area contributed by atoms with Gasteiger partial charge in [0.05, 0.1) is 9.49 Å². The first kappa shape index (κ1) is 15.7. The molecular formula is C15H24INOS. The van der Waals surface area contributed by atoms with Crippen molar-refractivity contribution in [1.82, 2.24) is 5.32 Å². The van der Waals surface area contributed by atoms with Gasteiger partial charge >= 0.3 is 0 Å². The molecule has 108 valence electrons. The van der Waals surface area contributed by atoms with E-state index < -0.39 is 0 Å². The molecule has 1 aromatic heterocycles. The van der Waals surface area contributed by atoms with Crippen LogP contribution in [0.2, 0.25) is 0 Å². The van der Waals surface area contributed by atoms with E-state index in [1.807, 2.05) is 11.3 Å². The third-order valence-electron chi connectivity index (χ3n) is 3.56. The van der Waals surface area contributed by atoms with Gasteiger partial charge in [-0.05, 0) is 65.8 Å². The van der Waals surface area contributed by atoms with Crippen LogP contribution >= 0.6 is 33.9 Å². The van der Waals surface area contributed by atoms with Crippen molar-refractivity contribution >= 4 is 33.9 Å². The number of aryl methyl sites for hydroxylation is 1. The summed E-state index contributed by atoms with van der Waals surface area (Å²) in [5.41, 5.74) is 1.54. The van der Waals surface area contributed by atoms with Crippen LogP contribution < -0.4 is 5.32 Å². The Kier molecular flexibility index (Phi) is 6.59. The molecule has 0 bridgehead atoms. The lowest BCUT2D eigenvalue weighted by molar-refractivity contribution is 0.123. The molecule has 2 rings (SSSR count). The average molecular weight is 393 g/mol. The van der Waals surface area contributed by atoms with Crippen LogP contribution in [-0.4, -0.2) is 19.8 Å². The van der Waals surface area contributed by atoms with Crippen molar-refractivity contribution in [3.8, 4) is 0 Å². The molecule has 1 N–H and O–H groups in total. The molecule has 0 aliphatic heterocycles. The predicted octanol–water partition coefficient (Wildman–Crippen LogP) is 4.38. The normalized spacial score (nSPS) is 18.8. The fraction of sp³-hybridized carbons (Fsp3) is 0.733. The number of hydrogen-bond acceptors (Lipinski definition) is 3. The zero-order valence-electron chi connectivity index (χ0n) is 11.9. The summed E-state index contributed by atoms with van der Waals surface area (Å²) in [7, 11) is 0. The molecule has 0 radical (unpaired) electrons. The molecular weight excluding hydrogens is 369 g/mol. The van der Waals surface area contributed by atoms with Gasteiger partial charge in [-0.25, -0.2) is 0 Å². The standard InChI is InChI=1S/C15H24INOS/c1-11(2)6-8-18-9-7-17-13-4-3-5-14-12(13)10-15(16)19-14/h10-11,13,17H,3-9H2,1-2H3. The Morgan fingerprint density at radius 1 is 1.47 bits per heavy atom. The maximum absolute atomic E-state index is 5.67. The fourth-order valence-corrected chi connectivity index (χ4v) is 4.58. The maximum Gasteiger partial charge on any atom is 0.0659 e. The highest BCUT2D eigenvalue weighted by atomic mass is 127. The number of hydrogen-bond donors (Lipinski definition) is 1. The van der Waals surface area contributed by atoms with Gasteiger partial charge in [0.2, 0.25) is 0 Å². The molecule has 1 aromatic rings. The molecule has 0 aromatic carbocycles. The zero-order chi connectivity index (χ0) is 13.7. The van der Waals surface area contributed by atoms with E-state index in [1.54, 1.807) is 10.4 Å². The lowest BCUT2D eigenvalue weighted by atomic mass is 9.94. The van der Waals surface area contributed by atoms with E-state index in [4.69, 9.17) is 4.74 Å². The molecule has 4 heteroatoms. The van der Waals surface area contributed by atoms with Gasteiger partial charge in [0.15, 0.2) is 0 Å². The van der Waals surface area contributed by atoms with E-state index in [9.17, 15) is 0 Å². The average Bonchev–Trinajstić information content (AvgIpc) is 2.74. The van der Waals surface area contributed by atoms with Gasteiger partial charge in [-0.15, -0.1) is 11.3 Å².